The summed E-state index contributed by atoms with van der Waals surface area (Å²) in [6.45, 7) is 6.59. The number of hydrogen-bond donors (Lipinski definition) is 0. The van der Waals surface area contributed by atoms with Gasteiger partial charge in [-0.2, -0.15) is 0 Å². The number of hydrogen-bond acceptors (Lipinski definition) is 3. The van der Waals surface area contributed by atoms with Crippen LogP contribution in [0.25, 0.3) is 0 Å². The van der Waals surface area contributed by atoms with Gasteiger partial charge in [0.2, 0.25) is 0 Å². The molecule has 21 heavy (non-hydrogen) atoms. The van der Waals surface area contributed by atoms with E-state index < -0.39 is 0 Å². The van der Waals surface area contributed by atoms with E-state index in [1.807, 2.05) is 0 Å². The molecule has 0 bridgehead atoms. The highest BCUT2D eigenvalue weighted by molar-refractivity contribution is 4.96. The molecule has 0 atom stereocenters. The van der Waals surface area contributed by atoms with Crippen molar-refractivity contribution < 1.29 is 14.2 Å². The monoisotopic (exact) mass is 294 g/mol. The third kappa shape index (κ3) is 3.69. The Balaban J connectivity index is 1.51. The minimum Gasteiger partial charge on any atom is -0.374 e. The molecule has 2 spiro atoms. The average molecular weight is 294 g/mol. The molecule has 3 aliphatic rings. The van der Waals surface area contributed by atoms with Gasteiger partial charge in [-0.1, -0.05) is 11.6 Å². The number of ether oxygens (including phenoxy) is 3. The van der Waals surface area contributed by atoms with Crippen LogP contribution in [-0.4, -0.2) is 31.7 Å². The van der Waals surface area contributed by atoms with Crippen molar-refractivity contribution in [2.24, 2.45) is 5.41 Å². The van der Waals surface area contributed by atoms with Crippen LogP contribution in [0.15, 0.2) is 11.6 Å². The number of rotatable bonds is 3. The summed E-state index contributed by atoms with van der Waals surface area (Å²) in [6.07, 6.45) is 12.4. The van der Waals surface area contributed by atoms with Crippen molar-refractivity contribution in [1.82, 2.24) is 0 Å². The second-order valence-corrected chi connectivity index (χ2v) is 7.45. The van der Waals surface area contributed by atoms with Crippen molar-refractivity contribution in [2.75, 3.05) is 19.8 Å². The summed E-state index contributed by atoms with van der Waals surface area (Å²) in [5, 5.41) is 0. The summed E-state index contributed by atoms with van der Waals surface area (Å²) in [5.74, 6) is -0.228. The Morgan fingerprint density at radius 3 is 2.48 bits per heavy atom. The predicted octanol–water partition coefficient (Wildman–Crippen LogP) is 4.22. The van der Waals surface area contributed by atoms with Crippen LogP contribution in [0.2, 0.25) is 0 Å². The third-order valence-electron chi connectivity index (χ3n) is 5.54. The van der Waals surface area contributed by atoms with Crippen molar-refractivity contribution in [3.05, 3.63) is 11.6 Å². The molecule has 3 fully saturated rings. The maximum absolute atomic E-state index is 6.01. The van der Waals surface area contributed by atoms with Gasteiger partial charge in [0.25, 0.3) is 0 Å². The molecule has 2 aliphatic carbocycles. The standard InChI is InChI=1S/C18H30O3/c1-15(2)6-11-19-16-4-9-17(10-5-16)7-3-8-18(14-17)20-12-13-21-18/h6,16H,3-5,7-14H2,1-2H3. The average Bonchev–Trinajstić information content (AvgIpc) is 2.89. The largest absolute Gasteiger partial charge is 0.374 e. The van der Waals surface area contributed by atoms with E-state index in [0.717, 1.165) is 32.7 Å². The number of allylic oxidation sites excluding steroid dienone is 1. The molecule has 0 unspecified atom stereocenters. The molecule has 3 heteroatoms. The lowest BCUT2D eigenvalue weighted by molar-refractivity contribution is -0.208. The molecule has 0 radical (unpaired) electrons. The van der Waals surface area contributed by atoms with Crippen LogP contribution in [0.5, 0.6) is 0 Å². The van der Waals surface area contributed by atoms with E-state index in [4.69, 9.17) is 14.2 Å². The lowest BCUT2D eigenvalue weighted by Gasteiger charge is -2.48. The minimum absolute atomic E-state index is 0.228. The highest BCUT2D eigenvalue weighted by Gasteiger charge is 2.49. The van der Waals surface area contributed by atoms with Crippen molar-refractivity contribution in [2.45, 2.75) is 77.1 Å². The van der Waals surface area contributed by atoms with Gasteiger partial charge in [-0.15, -0.1) is 0 Å². The molecule has 0 aromatic rings. The van der Waals surface area contributed by atoms with Crippen LogP contribution in [0.1, 0.15) is 65.2 Å². The van der Waals surface area contributed by atoms with Crippen molar-refractivity contribution >= 4 is 0 Å². The first kappa shape index (κ1) is 15.5. The van der Waals surface area contributed by atoms with Gasteiger partial charge in [0.05, 0.1) is 25.9 Å². The minimum atomic E-state index is -0.228. The molecule has 0 amide bonds. The lowest BCUT2D eigenvalue weighted by atomic mass is 9.63. The fraction of sp³-hybridized carbons (Fsp3) is 0.889. The summed E-state index contributed by atoms with van der Waals surface area (Å²) < 4.78 is 17.9. The molecule has 1 aliphatic heterocycles. The topological polar surface area (TPSA) is 27.7 Å². The Morgan fingerprint density at radius 2 is 1.81 bits per heavy atom. The first-order valence-electron chi connectivity index (χ1n) is 8.64. The van der Waals surface area contributed by atoms with Crippen LogP contribution in [-0.2, 0) is 14.2 Å². The van der Waals surface area contributed by atoms with Crippen LogP contribution in [0, 0.1) is 5.41 Å². The highest BCUT2D eigenvalue weighted by Crippen LogP contribution is 2.53. The zero-order chi connectivity index (χ0) is 14.8. The maximum Gasteiger partial charge on any atom is 0.169 e. The van der Waals surface area contributed by atoms with Gasteiger partial charge in [0.1, 0.15) is 0 Å². The second-order valence-electron chi connectivity index (χ2n) is 7.45. The normalized spacial score (nSPS) is 35.2. The van der Waals surface area contributed by atoms with Crippen molar-refractivity contribution in [1.29, 1.82) is 0 Å². The summed E-state index contributed by atoms with van der Waals surface area (Å²) in [7, 11) is 0. The molecular formula is C18H30O3. The molecule has 3 rings (SSSR count). The Labute approximate surface area is 129 Å². The molecule has 1 saturated heterocycles. The highest BCUT2D eigenvalue weighted by atomic mass is 16.7. The third-order valence-corrected chi connectivity index (χ3v) is 5.54. The van der Waals surface area contributed by atoms with Crippen LogP contribution in [0.3, 0.4) is 0 Å². The van der Waals surface area contributed by atoms with E-state index in [9.17, 15) is 0 Å². The fourth-order valence-corrected chi connectivity index (χ4v) is 4.37. The van der Waals surface area contributed by atoms with Crippen LogP contribution in [0.4, 0.5) is 0 Å². The SMILES string of the molecule is CC(C)=CCOC1CCC2(CCCC3(C2)OCCO3)CC1. The lowest BCUT2D eigenvalue weighted by Crippen LogP contribution is -2.44. The second kappa shape index (κ2) is 6.39. The summed E-state index contributed by atoms with van der Waals surface area (Å²) in [4.78, 5) is 0. The molecule has 2 saturated carbocycles. The Hall–Kier alpha value is -0.380. The molecule has 0 aromatic heterocycles. The maximum atomic E-state index is 6.01. The molecule has 0 aromatic carbocycles. The van der Waals surface area contributed by atoms with Crippen LogP contribution < -0.4 is 0 Å². The van der Waals surface area contributed by atoms with Gasteiger partial charge in [-0.25, -0.2) is 0 Å². The van der Waals surface area contributed by atoms with Gasteiger partial charge in [0, 0.05) is 12.8 Å². The van der Waals surface area contributed by atoms with Gasteiger partial charge in [-0.3, -0.25) is 0 Å². The smallest absolute Gasteiger partial charge is 0.169 e. The van der Waals surface area contributed by atoms with Gasteiger partial charge in [-0.05, 0) is 57.8 Å². The zero-order valence-electron chi connectivity index (χ0n) is 13.7. The van der Waals surface area contributed by atoms with Gasteiger partial charge < -0.3 is 14.2 Å². The predicted molar refractivity (Wildman–Crippen MR) is 83.2 cm³/mol. The van der Waals surface area contributed by atoms with Crippen molar-refractivity contribution in [3.8, 4) is 0 Å². The Kier molecular flexibility index (Phi) is 4.72. The molecular weight excluding hydrogens is 264 g/mol. The molecule has 1 heterocycles. The molecule has 3 nitrogen and oxygen atoms in total. The summed E-state index contributed by atoms with van der Waals surface area (Å²) in [6, 6.07) is 0. The Bertz CT molecular complexity index is 370. The fourth-order valence-electron chi connectivity index (χ4n) is 4.37. The van der Waals surface area contributed by atoms with E-state index in [0.29, 0.717) is 11.5 Å². The summed E-state index contributed by atoms with van der Waals surface area (Å²) in [5.41, 5.74) is 1.80. The quantitative estimate of drug-likeness (QED) is 0.730. The van der Waals surface area contributed by atoms with Gasteiger partial charge >= 0.3 is 0 Å². The zero-order valence-corrected chi connectivity index (χ0v) is 13.7. The van der Waals surface area contributed by atoms with Gasteiger partial charge in [0.15, 0.2) is 5.79 Å². The molecule has 0 N–H and O–H groups in total. The first-order valence-corrected chi connectivity index (χ1v) is 8.64. The van der Waals surface area contributed by atoms with Crippen LogP contribution >= 0.6 is 0 Å². The van der Waals surface area contributed by atoms with E-state index in [2.05, 4.69) is 19.9 Å². The Morgan fingerprint density at radius 1 is 1.10 bits per heavy atom. The van der Waals surface area contributed by atoms with Crippen molar-refractivity contribution in [3.63, 3.8) is 0 Å². The van der Waals surface area contributed by atoms with E-state index >= 15 is 0 Å². The van der Waals surface area contributed by atoms with E-state index in [1.165, 1.54) is 44.1 Å². The van der Waals surface area contributed by atoms with E-state index in [1.54, 1.807) is 0 Å². The molecule has 120 valence electrons. The van der Waals surface area contributed by atoms with E-state index in [-0.39, 0.29) is 5.79 Å². The first-order chi connectivity index (χ1) is 10.1. The summed E-state index contributed by atoms with van der Waals surface area (Å²) >= 11 is 0.